The Morgan fingerprint density at radius 3 is 2.65 bits per heavy atom. The summed E-state index contributed by atoms with van der Waals surface area (Å²) in [5, 5.41) is 17.6. The summed E-state index contributed by atoms with van der Waals surface area (Å²) in [6.45, 7) is 0. The topological polar surface area (TPSA) is 102 Å². The molecule has 8 nitrogen and oxygen atoms in total. The van der Waals surface area contributed by atoms with Crippen LogP contribution in [0, 0.1) is 10.1 Å². The van der Waals surface area contributed by atoms with Gasteiger partial charge in [0.05, 0.1) is 11.0 Å². The third-order valence-corrected chi connectivity index (χ3v) is 5.75. The zero-order chi connectivity index (χ0) is 23.7. The smallest absolute Gasteiger partial charge is 0.270 e. The lowest BCUT2D eigenvalue weighted by Crippen LogP contribution is -2.11. The number of anilines is 2. The third kappa shape index (κ3) is 4.04. The van der Waals surface area contributed by atoms with Crippen molar-refractivity contribution in [3.63, 3.8) is 0 Å². The number of nitro groups is 1. The summed E-state index contributed by atoms with van der Waals surface area (Å²) >= 11 is 0. The molecular formula is C26H21N5O3. The minimum absolute atomic E-state index is 0.0619. The van der Waals surface area contributed by atoms with E-state index in [2.05, 4.69) is 15.6 Å². The molecule has 34 heavy (non-hydrogen) atoms. The van der Waals surface area contributed by atoms with Crippen LogP contribution in [0.5, 0.6) is 0 Å². The van der Waals surface area contributed by atoms with Gasteiger partial charge in [-0.3, -0.25) is 14.9 Å². The van der Waals surface area contributed by atoms with Crippen LogP contribution in [0.2, 0.25) is 0 Å². The summed E-state index contributed by atoms with van der Waals surface area (Å²) in [6.07, 6.45) is 5.46. The van der Waals surface area contributed by atoms with Gasteiger partial charge in [0.2, 0.25) is 0 Å². The maximum absolute atomic E-state index is 12.8. The number of fused-ring (bicyclic) bond motifs is 1. The minimum atomic E-state index is -0.462. The van der Waals surface area contributed by atoms with Crippen LogP contribution in [0.4, 0.5) is 17.1 Å². The molecule has 1 amide bonds. The van der Waals surface area contributed by atoms with E-state index in [9.17, 15) is 14.9 Å². The largest absolute Gasteiger partial charge is 0.375 e. The first-order chi connectivity index (χ1) is 16.5. The Morgan fingerprint density at radius 1 is 1.09 bits per heavy atom. The summed E-state index contributed by atoms with van der Waals surface area (Å²) in [6, 6.07) is 21.6. The number of imidazole rings is 1. The predicted octanol–water partition coefficient (Wildman–Crippen LogP) is 5.18. The Morgan fingerprint density at radius 2 is 1.91 bits per heavy atom. The highest BCUT2D eigenvalue weighted by molar-refractivity contribution is 6.31. The fourth-order valence-electron chi connectivity index (χ4n) is 4.07. The highest BCUT2D eigenvalue weighted by atomic mass is 16.6. The number of aryl methyl sites for hydroxylation is 1. The number of nitrogens with zero attached hydrogens (tertiary/aromatic N) is 3. The van der Waals surface area contributed by atoms with Crippen molar-refractivity contribution in [2.24, 2.45) is 7.05 Å². The molecule has 168 valence electrons. The molecule has 4 aromatic rings. The van der Waals surface area contributed by atoms with Gasteiger partial charge in [0.1, 0.15) is 5.82 Å². The molecular weight excluding hydrogens is 430 g/mol. The quantitative estimate of drug-likeness (QED) is 0.239. The van der Waals surface area contributed by atoms with E-state index >= 15 is 0 Å². The molecule has 8 heteroatoms. The molecule has 2 heterocycles. The summed E-state index contributed by atoms with van der Waals surface area (Å²) in [5.41, 5.74) is 4.16. The van der Waals surface area contributed by atoms with E-state index in [4.69, 9.17) is 0 Å². The minimum Gasteiger partial charge on any atom is -0.375 e. The van der Waals surface area contributed by atoms with Crippen molar-refractivity contribution in [1.29, 1.82) is 0 Å². The summed E-state index contributed by atoms with van der Waals surface area (Å²) in [4.78, 5) is 28.0. The molecule has 1 aliphatic heterocycles. The van der Waals surface area contributed by atoms with E-state index in [1.807, 2.05) is 78.5 Å². The average molecular weight is 451 g/mol. The van der Waals surface area contributed by atoms with Gasteiger partial charge >= 0.3 is 0 Å². The lowest BCUT2D eigenvalue weighted by Gasteiger charge is -2.18. The number of hydrogen-bond donors (Lipinski definition) is 2. The van der Waals surface area contributed by atoms with Gasteiger partial charge in [-0.1, -0.05) is 42.5 Å². The number of non-ortho nitro benzene ring substituents is 1. The molecule has 5 rings (SSSR count). The van der Waals surface area contributed by atoms with E-state index in [0.717, 1.165) is 22.6 Å². The number of benzene rings is 3. The fraction of sp³-hybridized carbons (Fsp3) is 0.0769. The number of rotatable bonds is 6. The number of nitrogens with one attached hydrogen (secondary N) is 2. The Kier molecular flexibility index (Phi) is 5.39. The van der Waals surface area contributed by atoms with E-state index in [-0.39, 0.29) is 17.6 Å². The molecule has 1 unspecified atom stereocenters. The molecule has 1 atom stereocenters. The molecule has 0 spiro atoms. The van der Waals surface area contributed by atoms with Gasteiger partial charge in [-0.2, -0.15) is 0 Å². The Hall–Kier alpha value is -4.72. The third-order valence-electron chi connectivity index (χ3n) is 5.75. The number of aromatic nitrogens is 2. The van der Waals surface area contributed by atoms with Gasteiger partial charge < -0.3 is 15.2 Å². The van der Waals surface area contributed by atoms with Crippen LogP contribution in [0.15, 0.2) is 91.3 Å². The zero-order valence-electron chi connectivity index (χ0n) is 18.3. The molecule has 1 aliphatic rings. The Labute approximate surface area is 195 Å². The van der Waals surface area contributed by atoms with E-state index in [1.165, 1.54) is 12.1 Å². The highest BCUT2D eigenvalue weighted by Crippen LogP contribution is 2.37. The van der Waals surface area contributed by atoms with Crippen LogP contribution in [0.3, 0.4) is 0 Å². The molecule has 0 aliphatic carbocycles. The van der Waals surface area contributed by atoms with Gasteiger partial charge in [-0.15, -0.1) is 0 Å². The van der Waals surface area contributed by atoms with Crippen LogP contribution < -0.4 is 10.6 Å². The number of amides is 1. The normalized spacial score (nSPS) is 14.5. The summed E-state index contributed by atoms with van der Waals surface area (Å²) < 4.78 is 1.95. The number of carbonyl (C=O) groups excluding carboxylic acids is 1. The number of carbonyl (C=O) groups is 1. The Bertz CT molecular complexity index is 1430. The van der Waals surface area contributed by atoms with Crippen molar-refractivity contribution >= 4 is 28.5 Å². The second-order valence-electron chi connectivity index (χ2n) is 8.00. The first-order valence-corrected chi connectivity index (χ1v) is 10.7. The standard InChI is InChI=1S/C26H21N5O3/c1-30-13-12-27-25(30)18-8-5-9-19(14-18)28-24(17-6-3-2-4-7-17)16-22-21-15-20(31(33)34)10-11-23(21)29-26(22)32/h2-16,24,28H,1H3,(H,29,32). The maximum Gasteiger partial charge on any atom is 0.270 e. The van der Waals surface area contributed by atoms with Crippen LogP contribution >= 0.6 is 0 Å². The van der Waals surface area contributed by atoms with Crippen molar-refractivity contribution in [3.05, 3.63) is 113 Å². The van der Waals surface area contributed by atoms with Crippen molar-refractivity contribution in [2.75, 3.05) is 10.6 Å². The number of hydrogen-bond acceptors (Lipinski definition) is 5. The average Bonchev–Trinajstić information content (AvgIpc) is 3.41. The maximum atomic E-state index is 12.8. The van der Waals surface area contributed by atoms with E-state index < -0.39 is 4.92 Å². The lowest BCUT2D eigenvalue weighted by atomic mass is 9.99. The van der Waals surface area contributed by atoms with Crippen molar-refractivity contribution in [1.82, 2.24) is 9.55 Å². The van der Waals surface area contributed by atoms with Crippen molar-refractivity contribution in [3.8, 4) is 11.4 Å². The van der Waals surface area contributed by atoms with Crippen LogP contribution in [-0.4, -0.2) is 20.4 Å². The molecule has 0 bridgehead atoms. The molecule has 2 N–H and O–H groups in total. The molecule has 0 saturated carbocycles. The molecule has 3 aromatic carbocycles. The second-order valence-corrected chi connectivity index (χ2v) is 8.00. The van der Waals surface area contributed by atoms with Gasteiger partial charge in [0.25, 0.3) is 11.6 Å². The molecule has 0 saturated heterocycles. The van der Waals surface area contributed by atoms with Gasteiger partial charge in [-0.05, 0) is 29.8 Å². The van der Waals surface area contributed by atoms with Crippen molar-refractivity contribution < 1.29 is 9.72 Å². The first-order valence-electron chi connectivity index (χ1n) is 10.7. The predicted molar refractivity (Wildman–Crippen MR) is 131 cm³/mol. The summed E-state index contributed by atoms with van der Waals surface area (Å²) in [7, 11) is 1.94. The van der Waals surface area contributed by atoms with Gasteiger partial charge in [0.15, 0.2) is 0 Å². The van der Waals surface area contributed by atoms with Crippen molar-refractivity contribution in [2.45, 2.75) is 6.04 Å². The molecule has 1 aromatic heterocycles. The van der Waals surface area contributed by atoms with E-state index in [1.54, 1.807) is 12.3 Å². The zero-order valence-corrected chi connectivity index (χ0v) is 18.3. The van der Waals surface area contributed by atoms with E-state index in [0.29, 0.717) is 16.8 Å². The van der Waals surface area contributed by atoms with Gasteiger partial charge in [-0.25, -0.2) is 4.98 Å². The Balaban J connectivity index is 1.55. The first kappa shape index (κ1) is 21.1. The lowest BCUT2D eigenvalue weighted by molar-refractivity contribution is -0.384. The van der Waals surface area contributed by atoms with Crippen LogP contribution in [-0.2, 0) is 11.8 Å². The summed E-state index contributed by atoms with van der Waals surface area (Å²) in [5.74, 6) is 0.551. The second kappa shape index (κ2) is 8.67. The monoisotopic (exact) mass is 451 g/mol. The molecule has 0 radical (unpaired) electrons. The SMILES string of the molecule is Cn1ccnc1-c1cccc(NC(C=C2C(=O)Nc3ccc([N+](=O)[O-])cc32)c2ccccc2)c1. The van der Waals surface area contributed by atoms with Gasteiger partial charge in [0, 0.05) is 59.6 Å². The fourth-order valence-corrected chi connectivity index (χ4v) is 4.07. The van der Waals surface area contributed by atoms with Crippen LogP contribution in [0.25, 0.3) is 17.0 Å². The van der Waals surface area contributed by atoms with Crippen LogP contribution in [0.1, 0.15) is 17.2 Å². The molecule has 0 fully saturated rings. The number of nitro benzene ring substituents is 1. The highest BCUT2D eigenvalue weighted by Gasteiger charge is 2.27.